The summed E-state index contributed by atoms with van der Waals surface area (Å²) in [4.78, 5) is 0. The standard InChI is InChI=1S/C60H39N3/c1-6-17-40(18-7-1)43-23-16-28-48(37-43)62-54-34-30-45(42-21-10-3-11-22-42)39-52(54)58-56(62)36-32-50-49-31-35-55-57(59(49)63(60(50)58)47-26-14-5-15-27-47)51-38-44(41-19-8-2-9-20-41)29-33-53(51)61(55)46-24-12-4-13-25-46/h1-39H. The Labute approximate surface area is 364 Å². The topological polar surface area (TPSA) is 14.8 Å². The molecule has 0 atom stereocenters. The van der Waals surface area contributed by atoms with Crippen LogP contribution in [0.1, 0.15) is 0 Å². The van der Waals surface area contributed by atoms with Crippen LogP contribution in [0.15, 0.2) is 237 Å². The third-order valence-corrected chi connectivity index (χ3v) is 13.0. The molecule has 0 saturated carbocycles. The smallest absolute Gasteiger partial charge is 0.0641 e. The minimum atomic E-state index is 1.13. The highest BCUT2D eigenvalue weighted by Crippen LogP contribution is 2.47. The summed E-state index contributed by atoms with van der Waals surface area (Å²) in [6.45, 7) is 0. The van der Waals surface area contributed by atoms with Crippen molar-refractivity contribution in [3.05, 3.63) is 237 Å². The van der Waals surface area contributed by atoms with Crippen LogP contribution >= 0.6 is 0 Å². The van der Waals surface area contributed by atoms with Gasteiger partial charge in [0.1, 0.15) is 0 Å². The molecule has 3 nitrogen and oxygen atoms in total. The Morgan fingerprint density at radius 3 is 1.02 bits per heavy atom. The number of nitrogens with zero attached hydrogens (tertiary/aromatic N) is 3. The van der Waals surface area contributed by atoms with Crippen LogP contribution in [0.25, 0.3) is 116 Å². The zero-order valence-electron chi connectivity index (χ0n) is 34.4. The minimum Gasteiger partial charge on any atom is -0.309 e. The van der Waals surface area contributed by atoms with Gasteiger partial charge in [0.05, 0.1) is 33.1 Å². The van der Waals surface area contributed by atoms with Crippen LogP contribution in [-0.2, 0) is 0 Å². The number of benzene rings is 10. The molecule has 0 bridgehead atoms. The summed E-state index contributed by atoms with van der Waals surface area (Å²) in [6.07, 6.45) is 0. The third kappa shape index (κ3) is 5.46. The highest BCUT2D eigenvalue weighted by Gasteiger charge is 2.25. The third-order valence-electron chi connectivity index (χ3n) is 13.0. The second-order valence-electron chi connectivity index (χ2n) is 16.5. The maximum atomic E-state index is 2.57. The predicted octanol–water partition coefficient (Wildman–Crippen LogP) is 16.0. The molecule has 0 unspecified atom stereocenters. The van der Waals surface area contributed by atoms with Crippen molar-refractivity contribution < 1.29 is 0 Å². The molecule has 0 N–H and O–H groups in total. The molecule has 10 aromatic carbocycles. The summed E-state index contributed by atoms with van der Waals surface area (Å²) < 4.78 is 7.49. The number of aromatic nitrogens is 3. The van der Waals surface area contributed by atoms with E-state index >= 15 is 0 Å². The number of hydrogen-bond acceptors (Lipinski definition) is 0. The van der Waals surface area contributed by atoms with Gasteiger partial charge in [-0.2, -0.15) is 0 Å². The van der Waals surface area contributed by atoms with E-state index in [1.165, 1.54) is 98.8 Å². The van der Waals surface area contributed by atoms with Crippen molar-refractivity contribution in [1.29, 1.82) is 0 Å². The lowest BCUT2D eigenvalue weighted by Crippen LogP contribution is -1.96. The van der Waals surface area contributed by atoms with E-state index in [0.717, 1.165) is 17.1 Å². The van der Waals surface area contributed by atoms with Crippen molar-refractivity contribution >= 4 is 65.4 Å². The van der Waals surface area contributed by atoms with E-state index in [4.69, 9.17) is 0 Å². The Hall–Kier alpha value is -8.40. The van der Waals surface area contributed by atoms with Crippen molar-refractivity contribution in [2.24, 2.45) is 0 Å². The fourth-order valence-electron chi connectivity index (χ4n) is 10.2. The molecule has 3 heterocycles. The molecule has 0 aliphatic heterocycles. The van der Waals surface area contributed by atoms with Crippen LogP contribution in [0.2, 0.25) is 0 Å². The van der Waals surface area contributed by atoms with Gasteiger partial charge in [-0.15, -0.1) is 0 Å². The van der Waals surface area contributed by atoms with Crippen LogP contribution < -0.4 is 0 Å². The Balaban J connectivity index is 1.22. The van der Waals surface area contributed by atoms with Crippen LogP contribution in [0.3, 0.4) is 0 Å². The van der Waals surface area contributed by atoms with Gasteiger partial charge in [-0.1, -0.05) is 164 Å². The summed E-state index contributed by atoms with van der Waals surface area (Å²) in [5.74, 6) is 0. The molecular formula is C60H39N3. The van der Waals surface area contributed by atoms with Gasteiger partial charge in [-0.05, 0) is 106 Å². The highest BCUT2D eigenvalue weighted by molar-refractivity contribution is 6.32. The molecule has 0 spiro atoms. The lowest BCUT2D eigenvalue weighted by atomic mass is 10.0. The molecule has 63 heavy (non-hydrogen) atoms. The first-order chi connectivity index (χ1) is 31.3. The van der Waals surface area contributed by atoms with E-state index in [1.807, 2.05) is 0 Å². The molecular weight excluding hydrogens is 763 g/mol. The minimum absolute atomic E-state index is 1.13. The van der Waals surface area contributed by atoms with Crippen LogP contribution in [-0.4, -0.2) is 13.7 Å². The Morgan fingerprint density at radius 1 is 0.206 bits per heavy atom. The molecule has 0 amide bonds. The van der Waals surface area contributed by atoms with E-state index in [2.05, 4.69) is 250 Å². The van der Waals surface area contributed by atoms with Crippen LogP contribution in [0.5, 0.6) is 0 Å². The second kappa shape index (κ2) is 14.1. The summed E-state index contributed by atoms with van der Waals surface area (Å²) >= 11 is 0. The van der Waals surface area contributed by atoms with Crippen molar-refractivity contribution in [2.75, 3.05) is 0 Å². The number of fused-ring (bicyclic) bond motifs is 11. The van der Waals surface area contributed by atoms with E-state index in [0.29, 0.717) is 0 Å². The first kappa shape index (κ1) is 35.4. The van der Waals surface area contributed by atoms with Gasteiger partial charge in [0, 0.05) is 49.4 Å². The molecule has 0 saturated heterocycles. The monoisotopic (exact) mass is 801 g/mol. The first-order valence-corrected chi connectivity index (χ1v) is 21.7. The van der Waals surface area contributed by atoms with Crippen molar-refractivity contribution in [1.82, 2.24) is 13.7 Å². The molecule has 0 aliphatic rings. The number of hydrogen-bond donors (Lipinski definition) is 0. The van der Waals surface area contributed by atoms with Crippen molar-refractivity contribution in [3.63, 3.8) is 0 Å². The Bertz CT molecular complexity index is 3860. The lowest BCUT2D eigenvalue weighted by Gasteiger charge is -2.12. The predicted molar refractivity (Wildman–Crippen MR) is 266 cm³/mol. The summed E-state index contributed by atoms with van der Waals surface area (Å²) in [7, 11) is 0. The molecule has 3 heteroatoms. The lowest BCUT2D eigenvalue weighted by molar-refractivity contribution is 1.17. The maximum absolute atomic E-state index is 2.57. The van der Waals surface area contributed by atoms with Crippen LogP contribution in [0, 0.1) is 0 Å². The van der Waals surface area contributed by atoms with Gasteiger partial charge in [-0.25, -0.2) is 0 Å². The number of para-hydroxylation sites is 2. The average molecular weight is 802 g/mol. The SMILES string of the molecule is c1ccc(-c2cccc(-n3c4ccc(-c5ccccc5)cc4c4c3ccc3c5ccc6c(c7cc(-c8ccccc8)ccc7n6-c6ccccc6)c5n(-c5ccccc5)c34)c2)cc1. The average Bonchev–Trinajstić information content (AvgIpc) is 4.00. The fraction of sp³-hybridized carbons (Fsp3) is 0. The molecule has 0 radical (unpaired) electrons. The molecule has 13 aromatic rings. The van der Waals surface area contributed by atoms with Gasteiger partial charge in [0.25, 0.3) is 0 Å². The molecule has 3 aromatic heterocycles. The fourth-order valence-corrected chi connectivity index (χ4v) is 10.2. The summed E-state index contributed by atoms with van der Waals surface area (Å²) in [6, 6.07) is 86.4. The van der Waals surface area contributed by atoms with Gasteiger partial charge in [0.15, 0.2) is 0 Å². The van der Waals surface area contributed by atoms with E-state index in [9.17, 15) is 0 Å². The normalized spacial score (nSPS) is 11.8. The zero-order chi connectivity index (χ0) is 41.4. The summed E-state index contributed by atoms with van der Waals surface area (Å²) in [5, 5.41) is 7.37. The summed E-state index contributed by atoms with van der Waals surface area (Å²) in [5.41, 5.74) is 17.7. The second-order valence-corrected chi connectivity index (χ2v) is 16.5. The van der Waals surface area contributed by atoms with Crippen molar-refractivity contribution in [2.45, 2.75) is 0 Å². The number of rotatable bonds is 6. The molecule has 0 aliphatic carbocycles. The van der Waals surface area contributed by atoms with Crippen LogP contribution in [0.4, 0.5) is 0 Å². The maximum Gasteiger partial charge on any atom is 0.0641 e. The largest absolute Gasteiger partial charge is 0.309 e. The van der Waals surface area contributed by atoms with E-state index in [1.54, 1.807) is 0 Å². The van der Waals surface area contributed by atoms with Gasteiger partial charge in [-0.3, -0.25) is 0 Å². The van der Waals surface area contributed by atoms with Gasteiger partial charge >= 0.3 is 0 Å². The van der Waals surface area contributed by atoms with Gasteiger partial charge < -0.3 is 13.7 Å². The molecule has 294 valence electrons. The zero-order valence-corrected chi connectivity index (χ0v) is 34.4. The van der Waals surface area contributed by atoms with E-state index in [-0.39, 0.29) is 0 Å². The Kier molecular flexibility index (Phi) is 7.91. The molecule has 0 fully saturated rings. The van der Waals surface area contributed by atoms with Gasteiger partial charge in [0.2, 0.25) is 0 Å². The van der Waals surface area contributed by atoms with E-state index < -0.39 is 0 Å². The highest BCUT2D eigenvalue weighted by atomic mass is 15.0. The first-order valence-electron chi connectivity index (χ1n) is 21.7. The molecule has 13 rings (SSSR count). The van der Waals surface area contributed by atoms with Crippen molar-refractivity contribution in [3.8, 4) is 50.4 Å². The quantitative estimate of drug-likeness (QED) is 0.159. The Morgan fingerprint density at radius 2 is 0.556 bits per heavy atom.